The number of nitrogens with zero attached hydrogens (tertiary/aromatic N) is 1. The number of hydrogen-bond acceptors (Lipinski definition) is 4. The molecule has 1 saturated heterocycles. The molecular formula is C17H36IN3O3. The summed E-state index contributed by atoms with van der Waals surface area (Å²) in [7, 11) is 0. The van der Waals surface area contributed by atoms with Crippen LogP contribution in [0, 0.1) is 5.92 Å². The number of rotatable bonds is 11. The summed E-state index contributed by atoms with van der Waals surface area (Å²) in [6.07, 6.45) is 4.26. The molecule has 0 aromatic carbocycles. The summed E-state index contributed by atoms with van der Waals surface area (Å²) in [6.45, 7) is 10.3. The number of aliphatic hydroxyl groups is 1. The predicted molar refractivity (Wildman–Crippen MR) is 109 cm³/mol. The molecule has 144 valence electrons. The molecule has 0 spiro atoms. The van der Waals surface area contributed by atoms with Crippen molar-refractivity contribution in [3.05, 3.63) is 0 Å². The third-order valence-electron chi connectivity index (χ3n) is 3.94. The standard InChI is InChI=1S/C17H35N3O3.HI/c1-4-6-15(7-9-21)11-19-17(18-5-2)20-14(3)12-23-16-8-10-22-13-16;/h14-16,21H,4-13H2,1-3H3,(H2,18,19,20);1H. The summed E-state index contributed by atoms with van der Waals surface area (Å²) in [6, 6.07) is 0.191. The van der Waals surface area contributed by atoms with Gasteiger partial charge in [0.1, 0.15) is 0 Å². The molecule has 1 heterocycles. The Hall–Kier alpha value is -0.120. The highest BCUT2D eigenvalue weighted by Gasteiger charge is 2.17. The number of aliphatic imine (C=N–C) groups is 1. The van der Waals surface area contributed by atoms with Gasteiger partial charge in [0.25, 0.3) is 0 Å². The van der Waals surface area contributed by atoms with Gasteiger partial charge in [-0.15, -0.1) is 24.0 Å². The van der Waals surface area contributed by atoms with E-state index in [0.29, 0.717) is 19.1 Å². The van der Waals surface area contributed by atoms with Crippen molar-refractivity contribution in [3.8, 4) is 0 Å². The molecule has 0 radical (unpaired) electrons. The van der Waals surface area contributed by atoms with Gasteiger partial charge < -0.3 is 25.2 Å². The van der Waals surface area contributed by atoms with E-state index in [9.17, 15) is 0 Å². The third kappa shape index (κ3) is 10.7. The lowest BCUT2D eigenvalue weighted by atomic mass is 10.0. The van der Waals surface area contributed by atoms with Gasteiger partial charge in [0, 0.05) is 32.3 Å². The van der Waals surface area contributed by atoms with Crippen LogP contribution in [0.3, 0.4) is 0 Å². The van der Waals surface area contributed by atoms with Gasteiger partial charge in [-0.3, -0.25) is 4.99 Å². The number of aliphatic hydroxyl groups excluding tert-OH is 1. The van der Waals surface area contributed by atoms with Crippen molar-refractivity contribution in [1.82, 2.24) is 10.6 Å². The van der Waals surface area contributed by atoms with Crippen molar-refractivity contribution >= 4 is 29.9 Å². The monoisotopic (exact) mass is 457 g/mol. The molecule has 1 fully saturated rings. The molecule has 3 unspecified atom stereocenters. The number of hydrogen-bond donors (Lipinski definition) is 3. The normalized spacial score (nSPS) is 20.3. The minimum Gasteiger partial charge on any atom is -0.396 e. The quantitative estimate of drug-likeness (QED) is 0.252. The van der Waals surface area contributed by atoms with Crippen LogP contribution in [-0.4, -0.2) is 62.7 Å². The van der Waals surface area contributed by atoms with Crippen LogP contribution < -0.4 is 10.6 Å². The van der Waals surface area contributed by atoms with Gasteiger partial charge in [-0.25, -0.2) is 0 Å². The molecule has 0 aliphatic carbocycles. The van der Waals surface area contributed by atoms with E-state index in [0.717, 1.165) is 51.3 Å². The lowest BCUT2D eigenvalue weighted by Gasteiger charge is -2.20. The van der Waals surface area contributed by atoms with Gasteiger partial charge in [-0.05, 0) is 39.0 Å². The summed E-state index contributed by atoms with van der Waals surface area (Å²) in [5.74, 6) is 1.27. The van der Waals surface area contributed by atoms with E-state index in [4.69, 9.17) is 14.6 Å². The fraction of sp³-hybridized carbons (Fsp3) is 0.941. The molecule has 0 bridgehead atoms. The maximum atomic E-state index is 9.14. The van der Waals surface area contributed by atoms with Crippen molar-refractivity contribution in [2.75, 3.05) is 39.5 Å². The van der Waals surface area contributed by atoms with Crippen LogP contribution in [0.4, 0.5) is 0 Å². The second-order valence-corrected chi connectivity index (χ2v) is 6.25. The molecule has 24 heavy (non-hydrogen) atoms. The molecule has 1 aliphatic heterocycles. The van der Waals surface area contributed by atoms with Gasteiger partial charge in [-0.1, -0.05) is 13.3 Å². The van der Waals surface area contributed by atoms with Gasteiger partial charge in [0.15, 0.2) is 5.96 Å². The molecule has 3 N–H and O–H groups in total. The summed E-state index contributed by atoms with van der Waals surface area (Å²) in [5, 5.41) is 15.8. The molecule has 1 aliphatic rings. The first-order valence-electron chi connectivity index (χ1n) is 9.04. The van der Waals surface area contributed by atoms with Crippen LogP contribution in [0.15, 0.2) is 4.99 Å². The number of guanidine groups is 1. The highest BCUT2D eigenvalue weighted by molar-refractivity contribution is 14.0. The van der Waals surface area contributed by atoms with Crippen LogP contribution in [0.5, 0.6) is 0 Å². The lowest BCUT2D eigenvalue weighted by molar-refractivity contribution is 0.0347. The Labute approximate surface area is 164 Å². The molecule has 1 rings (SSSR count). The first-order chi connectivity index (χ1) is 11.2. The smallest absolute Gasteiger partial charge is 0.191 e. The first-order valence-corrected chi connectivity index (χ1v) is 9.04. The summed E-state index contributed by atoms with van der Waals surface area (Å²) in [4.78, 5) is 4.67. The molecule has 0 saturated carbocycles. The Balaban J connectivity index is 0.00000529. The number of nitrogens with one attached hydrogen (secondary N) is 2. The minimum atomic E-state index is 0. The Morgan fingerprint density at radius 3 is 2.75 bits per heavy atom. The van der Waals surface area contributed by atoms with Crippen LogP contribution in [0.2, 0.25) is 0 Å². The molecule has 0 amide bonds. The second kappa shape index (κ2) is 15.2. The highest BCUT2D eigenvalue weighted by Crippen LogP contribution is 2.11. The largest absolute Gasteiger partial charge is 0.396 e. The summed E-state index contributed by atoms with van der Waals surface area (Å²) in [5.41, 5.74) is 0. The highest BCUT2D eigenvalue weighted by atomic mass is 127. The van der Waals surface area contributed by atoms with E-state index in [2.05, 4.69) is 36.4 Å². The molecular weight excluding hydrogens is 421 g/mol. The second-order valence-electron chi connectivity index (χ2n) is 6.25. The average molecular weight is 457 g/mol. The van der Waals surface area contributed by atoms with E-state index >= 15 is 0 Å². The van der Waals surface area contributed by atoms with Crippen molar-refractivity contribution in [2.45, 2.75) is 58.6 Å². The molecule has 3 atom stereocenters. The summed E-state index contributed by atoms with van der Waals surface area (Å²) < 4.78 is 11.2. The van der Waals surface area contributed by atoms with Gasteiger partial charge in [-0.2, -0.15) is 0 Å². The van der Waals surface area contributed by atoms with Crippen LogP contribution in [-0.2, 0) is 9.47 Å². The van der Waals surface area contributed by atoms with Gasteiger partial charge in [0.05, 0.1) is 19.3 Å². The zero-order chi connectivity index (χ0) is 16.9. The molecule has 7 heteroatoms. The van der Waals surface area contributed by atoms with E-state index in [-0.39, 0.29) is 42.7 Å². The van der Waals surface area contributed by atoms with Gasteiger partial charge >= 0.3 is 0 Å². The van der Waals surface area contributed by atoms with Crippen molar-refractivity contribution in [3.63, 3.8) is 0 Å². The van der Waals surface area contributed by atoms with Crippen LogP contribution in [0.1, 0.15) is 46.5 Å². The molecule has 6 nitrogen and oxygen atoms in total. The predicted octanol–water partition coefficient (Wildman–Crippen LogP) is 2.15. The van der Waals surface area contributed by atoms with Crippen molar-refractivity contribution in [1.29, 1.82) is 0 Å². The fourth-order valence-electron chi connectivity index (χ4n) is 2.66. The van der Waals surface area contributed by atoms with E-state index in [1.807, 2.05) is 0 Å². The Morgan fingerprint density at radius 2 is 2.17 bits per heavy atom. The average Bonchev–Trinajstić information content (AvgIpc) is 3.04. The van der Waals surface area contributed by atoms with E-state index in [1.165, 1.54) is 0 Å². The maximum absolute atomic E-state index is 9.14. The van der Waals surface area contributed by atoms with Crippen molar-refractivity contribution < 1.29 is 14.6 Å². The minimum absolute atomic E-state index is 0. The topological polar surface area (TPSA) is 75.1 Å². The lowest BCUT2D eigenvalue weighted by Crippen LogP contribution is -2.44. The zero-order valence-electron chi connectivity index (χ0n) is 15.4. The Kier molecular flexibility index (Phi) is 15.1. The van der Waals surface area contributed by atoms with E-state index in [1.54, 1.807) is 0 Å². The Morgan fingerprint density at radius 1 is 1.38 bits per heavy atom. The number of halogens is 1. The molecule has 0 aromatic heterocycles. The molecule has 0 aromatic rings. The van der Waals surface area contributed by atoms with Crippen LogP contribution >= 0.6 is 24.0 Å². The van der Waals surface area contributed by atoms with Gasteiger partial charge in [0.2, 0.25) is 0 Å². The third-order valence-corrected chi connectivity index (χ3v) is 3.94. The summed E-state index contributed by atoms with van der Waals surface area (Å²) >= 11 is 0. The van der Waals surface area contributed by atoms with Crippen molar-refractivity contribution in [2.24, 2.45) is 10.9 Å². The van der Waals surface area contributed by atoms with E-state index < -0.39 is 0 Å². The van der Waals surface area contributed by atoms with Crippen LogP contribution in [0.25, 0.3) is 0 Å². The zero-order valence-corrected chi connectivity index (χ0v) is 17.8. The fourth-order valence-corrected chi connectivity index (χ4v) is 2.66. The first kappa shape index (κ1) is 23.9. The maximum Gasteiger partial charge on any atom is 0.191 e. The Bertz CT molecular complexity index is 320. The number of ether oxygens (including phenoxy) is 2. The SMILES string of the molecule is CCCC(CCO)CN=C(NCC)NC(C)COC1CCOC1.I.